The first kappa shape index (κ1) is 26.1. The molecule has 37 heavy (non-hydrogen) atoms. The van der Waals surface area contributed by atoms with Crippen molar-refractivity contribution >= 4 is 33.3 Å². The van der Waals surface area contributed by atoms with Gasteiger partial charge in [-0.15, -0.1) is 0 Å². The first-order valence-corrected chi connectivity index (χ1v) is 12.1. The highest BCUT2D eigenvalue weighted by Crippen LogP contribution is 2.23. The standard InChI is InChI=1S/C27H23BrFN5O3/c1-16(30-2)26(36)33-23-7-8-24(19-10-21(28)14-32-12-19)34(27(23)37)15-17-9-20(13-31-11-17)25(35)18-3-5-22(29)6-4-18/h3-14,16,30H,15H2,1-2H3,(H,33,36)/t16-/m1/s1. The van der Waals surface area contributed by atoms with Crippen LogP contribution >= 0.6 is 15.9 Å². The lowest BCUT2D eigenvalue weighted by molar-refractivity contribution is -0.117. The van der Waals surface area contributed by atoms with Crippen molar-refractivity contribution in [1.82, 2.24) is 19.9 Å². The van der Waals surface area contributed by atoms with Gasteiger partial charge in [-0.2, -0.15) is 0 Å². The van der Waals surface area contributed by atoms with Crippen molar-refractivity contribution in [1.29, 1.82) is 0 Å². The summed E-state index contributed by atoms with van der Waals surface area (Å²) in [5.74, 6) is -1.11. The smallest absolute Gasteiger partial charge is 0.275 e. The quantitative estimate of drug-likeness (QED) is 0.313. The van der Waals surface area contributed by atoms with Crippen LogP contribution in [0.1, 0.15) is 28.4 Å². The number of rotatable bonds is 8. The number of hydrogen-bond donors (Lipinski definition) is 2. The molecule has 3 heterocycles. The predicted octanol–water partition coefficient (Wildman–Crippen LogP) is 4.03. The molecule has 1 aromatic carbocycles. The van der Waals surface area contributed by atoms with Crippen molar-refractivity contribution in [3.63, 3.8) is 0 Å². The Labute approximate surface area is 220 Å². The van der Waals surface area contributed by atoms with Crippen LogP contribution in [0.4, 0.5) is 10.1 Å². The van der Waals surface area contributed by atoms with Crippen molar-refractivity contribution in [2.75, 3.05) is 12.4 Å². The predicted molar refractivity (Wildman–Crippen MR) is 142 cm³/mol. The van der Waals surface area contributed by atoms with Gasteiger partial charge in [0.05, 0.1) is 18.3 Å². The first-order valence-electron chi connectivity index (χ1n) is 11.3. The van der Waals surface area contributed by atoms with E-state index >= 15 is 0 Å². The van der Waals surface area contributed by atoms with Crippen molar-refractivity contribution in [3.8, 4) is 11.3 Å². The molecule has 188 valence electrons. The minimum absolute atomic E-state index is 0.0729. The minimum Gasteiger partial charge on any atom is -0.320 e. The number of pyridine rings is 3. The molecule has 8 nitrogen and oxygen atoms in total. The van der Waals surface area contributed by atoms with E-state index in [-0.39, 0.29) is 23.9 Å². The van der Waals surface area contributed by atoms with Crippen molar-refractivity contribution in [3.05, 3.63) is 111 Å². The molecule has 4 aromatic rings. The lowest BCUT2D eigenvalue weighted by atomic mass is 10.0. The summed E-state index contributed by atoms with van der Waals surface area (Å²) in [4.78, 5) is 47.3. The van der Waals surface area contributed by atoms with Crippen LogP contribution in [0.3, 0.4) is 0 Å². The van der Waals surface area contributed by atoms with Gasteiger partial charge in [0.1, 0.15) is 11.5 Å². The van der Waals surface area contributed by atoms with E-state index in [2.05, 4.69) is 36.5 Å². The molecule has 0 saturated carbocycles. The monoisotopic (exact) mass is 563 g/mol. The number of carbonyl (C=O) groups is 2. The first-order chi connectivity index (χ1) is 17.8. The summed E-state index contributed by atoms with van der Waals surface area (Å²) >= 11 is 3.41. The SMILES string of the molecule is CN[C@H](C)C(=O)Nc1ccc(-c2cncc(Br)c2)n(Cc2cncc(C(=O)c3ccc(F)cc3)c2)c1=O. The number of halogens is 2. The van der Waals surface area contributed by atoms with Crippen LogP contribution < -0.4 is 16.2 Å². The van der Waals surface area contributed by atoms with E-state index in [0.29, 0.717) is 27.9 Å². The van der Waals surface area contributed by atoms with E-state index in [1.807, 2.05) is 6.07 Å². The average molecular weight is 564 g/mol. The molecule has 0 spiro atoms. The molecule has 0 aliphatic carbocycles. The zero-order valence-electron chi connectivity index (χ0n) is 20.0. The van der Waals surface area contributed by atoms with E-state index in [9.17, 15) is 18.8 Å². The molecule has 0 saturated heterocycles. The highest BCUT2D eigenvalue weighted by atomic mass is 79.9. The van der Waals surface area contributed by atoms with E-state index in [0.717, 1.165) is 4.47 Å². The largest absolute Gasteiger partial charge is 0.320 e. The van der Waals surface area contributed by atoms with Gasteiger partial charge in [0.25, 0.3) is 5.56 Å². The number of aromatic nitrogens is 3. The van der Waals surface area contributed by atoms with E-state index in [1.54, 1.807) is 50.8 Å². The van der Waals surface area contributed by atoms with Crippen LogP contribution in [0.15, 0.2) is 82.6 Å². The second kappa shape index (κ2) is 11.4. The number of nitrogens with one attached hydrogen (secondary N) is 2. The summed E-state index contributed by atoms with van der Waals surface area (Å²) in [5.41, 5.74) is 2.14. The maximum atomic E-state index is 13.5. The minimum atomic E-state index is -0.500. The second-order valence-electron chi connectivity index (χ2n) is 8.33. The molecule has 2 N–H and O–H groups in total. The molecule has 0 aliphatic heterocycles. The summed E-state index contributed by atoms with van der Waals surface area (Å²) in [5, 5.41) is 5.51. The third-order valence-corrected chi connectivity index (χ3v) is 6.20. The van der Waals surface area contributed by atoms with Crippen LogP contribution in [0.2, 0.25) is 0 Å². The van der Waals surface area contributed by atoms with Gasteiger partial charge < -0.3 is 15.2 Å². The fraction of sp³-hybridized carbons (Fsp3) is 0.148. The number of benzene rings is 1. The number of amides is 1. The summed E-state index contributed by atoms with van der Waals surface area (Å²) < 4.78 is 15.5. The zero-order valence-corrected chi connectivity index (χ0v) is 21.6. The molecule has 1 amide bonds. The van der Waals surface area contributed by atoms with E-state index < -0.39 is 17.4 Å². The fourth-order valence-electron chi connectivity index (χ4n) is 3.66. The fourth-order valence-corrected chi connectivity index (χ4v) is 4.02. The molecule has 0 fully saturated rings. The third-order valence-electron chi connectivity index (χ3n) is 5.76. The molecule has 0 aliphatic rings. The lowest BCUT2D eigenvalue weighted by Gasteiger charge is -2.17. The molecular formula is C27H23BrFN5O3. The Morgan fingerprint density at radius 2 is 1.73 bits per heavy atom. The number of carbonyl (C=O) groups excluding carboxylic acids is 2. The Kier molecular flexibility index (Phi) is 8.00. The molecular weight excluding hydrogens is 541 g/mol. The zero-order chi connectivity index (χ0) is 26.5. The molecule has 0 bridgehead atoms. The van der Waals surface area contributed by atoms with Gasteiger partial charge in [0.15, 0.2) is 5.78 Å². The van der Waals surface area contributed by atoms with Crippen LogP contribution in [0.25, 0.3) is 11.3 Å². The number of nitrogens with zero attached hydrogens (tertiary/aromatic N) is 3. The summed E-state index contributed by atoms with van der Waals surface area (Å²) in [6, 6.07) is 11.5. The van der Waals surface area contributed by atoms with Gasteiger partial charge in [0, 0.05) is 46.0 Å². The molecule has 10 heteroatoms. The number of likely N-dealkylation sites (N-methyl/N-ethyl adjacent to an activating group) is 1. The normalized spacial score (nSPS) is 11.7. The number of ketones is 1. The third kappa shape index (κ3) is 6.04. The van der Waals surface area contributed by atoms with Crippen molar-refractivity contribution in [2.45, 2.75) is 19.5 Å². The molecule has 0 unspecified atom stereocenters. The van der Waals surface area contributed by atoms with Crippen LogP contribution in [-0.4, -0.2) is 39.3 Å². The average Bonchev–Trinajstić information content (AvgIpc) is 2.90. The van der Waals surface area contributed by atoms with Crippen LogP contribution in [0, 0.1) is 5.82 Å². The molecule has 1 atom stereocenters. The molecule has 4 rings (SSSR count). The van der Waals surface area contributed by atoms with Crippen molar-refractivity contribution in [2.24, 2.45) is 0 Å². The number of hydrogen-bond acceptors (Lipinski definition) is 6. The number of anilines is 1. The summed E-state index contributed by atoms with van der Waals surface area (Å²) in [6.07, 6.45) is 6.25. The van der Waals surface area contributed by atoms with Gasteiger partial charge in [0.2, 0.25) is 5.91 Å². The maximum Gasteiger partial charge on any atom is 0.275 e. The van der Waals surface area contributed by atoms with Crippen LogP contribution in [0.5, 0.6) is 0 Å². The van der Waals surface area contributed by atoms with Gasteiger partial charge in [-0.3, -0.25) is 24.4 Å². The lowest BCUT2D eigenvalue weighted by Crippen LogP contribution is -2.37. The Hall–Kier alpha value is -4.02. The van der Waals surface area contributed by atoms with E-state index in [4.69, 9.17) is 0 Å². The van der Waals surface area contributed by atoms with Gasteiger partial charge >= 0.3 is 0 Å². The highest BCUT2D eigenvalue weighted by molar-refractivity contribution is 9.10. The van der Waals surface area contributed by atoms with Gasteiger partial charge in [-0.1, -0.05) is 0 Å². The van der Waals surface area contributed by atoms with E-state index in [1.165, 1.54) is 35.0 Å². The Bertz CT molecular complexity index is 1520. The Morgan fingerprint density at radius 1 is 1.00 bits per heavy atom. The maximum absolute atomic E-state index is 13.5. The van der Waals surface area contributed by atoms with Crippen LogP contribution in [-0.2, 0) is 11.3 Å². The second-order valence-corrected chi connectivity index (χ2v) is 9.25. The molecule has 0 radical (unpaired) electrons. The van der Waals surface area contributed by atoms with Crippen molar-refractivity contribution < 1.29 is 14.0 Å². The summed E-state index contributed by atoms with van der Waals surface area (Å²) in [6.45, 7) is 1.76. The summed E-state index contributed by atoms with van der Waals surface area (Å²) in [7, 11) is 1.65. The Morgan fingerprint density at radius 3 is 2.43 bits per heavy atom. The van der Waals surface area contributed by atoms with Gasteiger partial charge in [-0.05, 0) is 84.0 Å². The topological polar surface area (TPSA) is 106 Å². The molecule has 3 aromatic heterocycles. The Balaban J connectivity index is 1.75. The highest BCUT2D eigenvalue weighted by Gasteiger charge is 2.17. The van der Waals surface area contributed by atoms with Gasteiger partial charge in [-0.25, -0.2) is 4.39 Å².